The average Bonchev–Trinajstić information content (AvgIpc) is 3.16. The Labute approximate surface area is 186 Å². The van der Waals surface area contributed by atoms with Gasteiger partial charge < -0.3 is 10.1 Å². The number of nitrogens with one attached hydrogen (secondary N) is 1. The summed E-state index contributed by atoms with van der Waals surface area (Å²) in [4.78, 5) is 35.7. The van der Waals surface area contributed by atoms with Crippen molar-refractivity contribution >= 4 is 23.5 Å². The Balaban J connectivity index is 1.18. The minimum absolute atomic E-state index is 0.0640. The fourth-order valence-corrected chi connectivity index (χ4v) is 4.48. The van der Waals surface area contributed by atoms with E-state index in [0.717, 1.165) is 16.9 Å². The van der Waals surface area contributed by atoms with Crippen LogP contribution in [-0.2, 0) is 9.53 Å². The molecule has 2 heterocycles. The summed E-state index contributed by atoms with van der Waals surface area (Å²) < 4.78 is 5.79. The van der Waals surface area contributed by atoms with Crippen molar-refractivity contribution in [2.75, 3.05) is 16.8 Å². The number of anilines is 2. The molecule has 7 nitrogen and oxygen atoms in total. The van der Waals surface area contributed by atoms with Gasteiger partial charge in [0.15, 0.2) is 5.82 Å². The second-order valence-corrected chi connectivity index (χ2v) is 8.39. The normalized spacial score (nSPS) is 22.6. The van der Waals surface area contributed by atoms with Crippen molar-refractivity contribution in [3.05, 3.63) is 73.1 Å². The molecule has 2 aromatic carbocycles. The highest BCUT2D eigenvalue weighted by molar-refractivity contribution is 5.92. The van der Waals surface area contributed by atoms with E-state index in [-0.39, 0.29) is 17.9 Å². The third-order valence-electron chi connectivity index (χ3n) is 6.28. The lowest BCUT2D eigenvalue weighted by Gasteiger charge is -2.34. The third kappa shape index (κ3) is 4.06. The molecule has 32 heavy (non-hydrogen) atoms. The predicted molar refractivity (Wildman–Crippen MR) is 121 cm³/mol. The maximum absolute atomic E-state index is 12.8. The Kier molecular flexibility index (Phi) is 5.31. The number of carbonyl (C=O) groups excluding carboxylic acids is 2. The molecule has 7 heteroatoms. The Bertz CT molecular complexity index is 1100. The van der Waals surface area contributed by atoms with Gasteiger partial charge in [0.25, 0.3) is 0 Å². The van der Waals surface area contributed by atoms with Crippen molar-refractivity contribution in [1.82, 2.24) is 9.97 Å². The summed E-state index contributed by atoms with van der Waals surface area (Å²) in [5, 5.41) is 2.88. The van der Waals surface area contributed by atoms with E-state index in [9.17, 15) is 9.59 Å². The molecule has 0 bridgehead atoms. The number of amides is 2. The van der Waals surface area contributed by atoms with Crippen LogP contribution < -0.4 is 10.2 Å². The maximum atomic E-state index is 12.8. The quantitative estimate of drug-likeness (QED) is 0.653. The standard InChI is InChI=1S/C25H24N4O3/c30-23(28-22-16-26-21(15-27-22)18-7-3-1-4-8-18)19-11-13-25(14-12-19)17-29(24(31)32-25)20-9-5-2-6-10-20/h1-10,15-16,19H,11-14,17H2,(H,27,28,30). The van der Waals surface area contributed by atoms with Crippen LogP contribution in [0.25, 0.3) is 11.3 Å². The summed E-state index contributed by atoms with van der Waals surface area (Å²) in [5.74, 6) is 0.240. The van der Waals surface area contributed by atoms with E-state index in [1.54, 1.807) is 17.3 Å². The molecule has 2 amide bonds. The first kappa shape index (κ1) is 20.2. The first-order chi connectivity index (χ1) is 15.6. The molecule has 1 saturated carbocycles. The Morgan fingerprint density at radius 2 is 1.66 bits per heavy atom. The molecular formula is C25H24N4O3. The smallest absolute Gasteiger partial charge is 0.415 e. The molecule has 1 aromatic heterocycles. The molecule has 3 aromatic rings. The van der Waals surface area contributed by atoms with Gasteiger partial charge in [-0.05, 0) is 37.8 Å². The SMILES string of the molecule is O=C(Nc1cnc(-c2ccccc2)cn1)C1CCC2(CC1)CN(c1ccccc1)C(=O)O2. The summed E-state index contributed by atoms with van der Waals surface area (Å²) in [6.07, 6.45) is 5.59. The van der Waals surface area contributed by atoms with Crippen molar-refractivity contribution in [2.24, 2.45) is 5.92 Å². The van der Waals surface area contributed by atoms with Gasteiger partial charge in [0.2, 0.25) is 5.91 Å². The molecule has 0 atom stereocenters. The second-order valence-electron chi connectivity index (χ2n) is 8.39. The van der Waals surface area contributed by atoms with Gasteiger partial charge in [-0.15, -0.1) is 0 Å². The molecule has 1 spiro atoms. The number of nitrogens with zero attached hydrogens (tertiary/aromatic N) is 3. The van der Waals surface area contributed by atoms with E-state index in [0.29, 0.717) is 38.0 Å². The fraction of sp³-hybridized carbons (Fsp3) is 0.280. The monoisotopic (exact) mass is 428 g/mol. The minimum Gasteiger partial charge on any atom is -0.441 e. The van der Waals surface area contributed by atoms with E-state index in [4.69, 9.17) is 4.74 Å². The van der Waals surface area contributed by atoms with Gasteiger partial charge in [-0.1, -0.05) is 48.5 Å². The maximum Gasteiger partial charge on any atom is 0.415 e. The van der Waals surface area contributed by atoms with Crippen LogP contribution in [0.2, 0.25) is 0 Å². The first-order valence-corrected chi connectivity index (χ1v) is 10.9. The molecule has 0 unspecified atom stereocenters. The van der Waals surface area contributed by atoms with E-state index in [2.05, 4.69) is 15.3 Å². The van der Waals surface area contributed by atoms with Crippen LogP contribution in [0.3, 0.4) is 0 Å². The van der Waals surface area contributed by atoms with Gasteiger partial charge in [-0.3, -0.25) is 14.7 Å². The molecule has 2 aliphatic rings. The van der Waals surface area contributed by atoms with Crippen LogP contribution in [0, 0.1) is 5.92 Å². The number of aromatic nitrogens is 2. The largest absolute Gasteiger partial charge is 0.441 e. The molecular weight excluding hydrogens is 404 g/mol. The molecule has 1 N–H and O–H groups in total. The average molecular weight is 428 g/mol. The lowest BCUT2D eigenvalue weighted by Crippen LogP contribution is -2.41. The van der Waals surface area contributed by atoms with E-state index in [1.165, 1.54) is 0 Å². The highest BCUT2D eigenvalue weighted by atomic mass is 16.6. The number of rotatable bonds is 4. The second kappa shape index (κ2) is 8.42. The molecule has 162 valence electrons. The molecule has 2 fully saturated rings. The topological polar surface area (TPSA) is 84.4 Å². The summed E-state index contributed by atoms with van der Waals surface area (Å²) in [6.45, 7) is 0.524. The summed E-state index contributed by atoms with van der Waals surface area (Å²) in [7, 11) is 0. The first-order valence-electron chi connectivity index (χ1n) is 10.9. The van der Waals surface area contributed by atoms with Gasteiger partial charge in [0, 0.05) is 17.2 Å². The third-order valence-corrected chi connectivity index (χ3v) is 6.28. The minimum atomic E-state index is -0.513. The Morgan fingerprint density at radius 1 is 0.969 bits per heavy atom. The summed E-state index contributed by atoms with van der Waals surface area (Å²) in [5.41, 5.74) is 2.06. The number of carbonyl (C=O) groups is 2. The highest BCUT2D eigenvalue weighted by Gasteiger charge is 2.48. The zero-order valence-electron chi connectivity index (χ0n) is 17.6. The Hall–Kier alpha value is -3.74. The summed E-state index contributed by atoms with van der Waals surface area (Å²) >= 11 is 0. The number of benzene rings is 2. The number of para-hydroxylation sites is 1. The van der Waals surface area contributed by atoms with Crippen LogP contribution in [-0.4, -0.2) is 34.1 Å². The van der Waals surface area contributed by atoms with Crippen molar-refractivity contribution in [3.63, 3.8) is 0 Å². The summed E-state index contributed by atoms with van der Waals surface area (Å²) in [6, 6.07) is 19.3. The molecule has 1 saturated heterocycles. The fourth-order valence-electron chi connectivity index (χ4n) is 4.48. The van der Waals surface area contributed by atoms with E-state index < -0.39 is 5.60 Å². The van der Waals surface area contributed by atoms with Crippen molar-refractivity contribution in [1.29, 1.82) is 0 Å². The van der Waals surface area contributed by atoms with E-state index in [1.807, 2.05) is 60.7 Å². The van der Waals surface area contributed by atoms with Crippen molar-refractivity contribution in [3.8, 4) is 11.3 Å². The zero-order valence-corrected chi connectivity index (χ0v) is 17.6. The molecule has 1 aliphatic carbocycles. The van der Waals surface area contributed by atoms with Crippen LogP contribution >= 0.6 is 0 Å². The molecule has 1 aliphatic heterocycles. The van der Waals surface area contributed by atoms with Crippen LogP contribution in [0.15, 0.2) is 73.1 Å². The van der Waals surface area contributed by atoms with Gasteiger partial charge in [0.05, 0.1) is 24.6 Å². The Morgan fingerprint density at radius 3 is 2.31 bits per heavy atom. The van der Waals surface area contributed by atoms with Crippen molar-refractivity contribution in [2.45, 2.75) is 31.3 Å². The van der Waals surface area contributed by atoms with E-state index >= 15 is 0 Å². The van der Waals surface area contributed by atoms with Crippen LogP contribution in [0.4, 0.5) is 16.3 Å². The lowest BCUT2D eigenvalue weighted by atomic mass is 9.78. The van der Waals surface area contributed by atoms with Gasteiger partial charge in [-0.2, -0.15) is 0 Å². The number of hydrogen-bond donors (Lipinski definition) is 1. The van der Waals surface area contributed by atoms with Gasteiger partial charge in [0.1, 0.15) is 5.60 Å². The number of ether oxygens (including phenoxy) is 1. The predicted octanol–water partition coefficient (Wildman–Crippen LogP) is 4.67. The van der Waals surface area contributed by atoms with Gasteiger partial charge >= 0.3 is 6.09 Å². The number of hydrogen-bond acceptors (Lipinski definition) is 5. The van der Waals surface area contributed by atoms with Gasteiger partial charge in [-0.25, -0.2) is 9.78 Å². The van der Waals surface area contributed by atoms with Crippen LogP contribution in [0.5, 0.6) is 0 Å². The van der Waals surface area contributed by atoms with Crippen molar-refractivity contribution < 1.29 is 14.3 Å². The zero-order chi connectivity index (χ0) is 22.0. The lowest BCUT2D eigenvalue weighted by molar-refractivity contribution is -0.122. The highest BCUT2D eigenvalue weighted by Crippen LogP contribution is 2.41. The van der Waals surface area contributed by atoms with Crippen LogP contribution in [0.1, 0.15) is 25.7 Å². The molecule has 5 rings (SSSR count). The molecule has 0 radical (unpaired) electrons.